The van der Waals surface area contributed by atoms with Crippen molar-refractivity contribution in [1.82, 2.24) is 0 Å². The number of ether oxygens (including phenoxy) is 4. The highest BCUT2D eigenvalue weighted by atomic mass is 16.8. The summed E-state index contributed by atoms with van der Waals surface area (Å²) in [6.45, 7) is 0.150. The standard InChI is InChI=1S/C9H14O6/c1-12-9-8-7(5(11)4-13-9)14-6(15-8)2-3-10/h3,5-9,11H,2,4H2,1H3. The molecule has 1 N–H and O–H groups in total. The Morgan fingerprint density at radius 2 is 2.20 bits per heavy atom. The van der Waals surface area contributed by atoms with Crippen molar-refractivity contribution in [2.75, 3.05) is 13.7 Å². The van der Waals surface area contributed by atoms with E-state index in [2.05, 4.69) is 0 Å². The van der Waals surface area contributed by atoms with Crippen molar-refractivity contribution in [2.45, 2.75) is 37.3 Å². The first-order valence-corrected chi connectivity index (χ1v) is 4.83. The minimum atomic E-state index is -0.738. The van der Waals surface area contributed by atoms with E-state index in [0.717, 1.165) is 6.29 Å². The summed E-state index contributed by atoms with van der Waals surface area (Å²) in [6, 6.07) is 0. The molecule has 5 atom stereocenters. The van der Waals surface area contributed by atoms with Crippen molar-refractivity contribution in [3.8, 4) is 0 Å². The maximum Gasteiger partial charge on any atom is 0.186 e. The third-order valence-corrected chi connectivity index (χ3v) is 2.54. The number of aldehydes is 1. The van der Waals surface area contributed by atoms with Gasteiger partial charge in [0.15, 0.2) is 12.6 Å². The monoisotopic (exact) mass is 218 g/mol. The van der Waals surface area contributed by atoms with Crippen LogP contribution in [0.5, 0.6) is 0 Å². The van der Waals surface area contributed by atoms with Crippen LogP contribution in [0.2, 0.25) is 0 Å². The maximum absolute atomic E-state index is 10.3. The van der Waals surface area contributed by atoms with E-state index >= 15 is 0 Å². The number of hydrogen-bond donors (Lipinski definition) is 1. The van der Waals surface area contributed by atoms with Crippen molar-refractivity contribution >= 4 is 6.29 Å². The Hall–Kier alpha value is -0.530. The van der Waals surface area contributed by atoms with Gasteiger partial charge in [-0.15, -0.1) is 0 Å². The molecule has 6 nitrogen and oxygen atoms in total. The zero-order valence-electron chi connectivity index (χ0n) is 8.37. The van der Waals surface area contributed by atoms with Crippen LogP contribution in [0.15, 0.2) is 0 Å². The quantitative estimate of drug-likeness (QED) is 0.615. The van der Waals surface area contributed by atoms with Crippen molar-refractivity contribution < 1.29 is 28.8 Å². The Labute approximate surface area is 87.1 Å². The predicted octanol–water partition coefficient (Wildman–Crippen LogP) is -0.951. The molecule has 0 aromatic carbocycles. The van der Waals surface area contributed by atoms with Gasteiger partial charge in [-0.1, -0.05) is 0 Å². The van der Waals surface area contributed by atoms with Gasteiger partial charge in [0.1, 0.15) is 24.6 Å². The third-order valence-electron chi connectivity index (χ3n) is 2.54. The number of rotatable bonds is 3. The van der Waals surface area contributed by atoms with Crippen LogP contribution in [-0.2, 0) is 23.7 Å². The molecule has 0 radical (unpaired) electrons. The van der Waals surface area contributed by atoms with Crippen molar-refractivity contribution in [3.63, 3.8) is 0 Å². The number of aliphatic hydroxyl groups excluding tert-OH is 1. The summed E-state index contributed by atoms with van der Waals surface area (Å²) in [4.78, 5) is 10.3. The van der Waals surface area contributed by atoms with E-state index in [1.54, 1.807) is 0 Å². The van der Waals surface area contributed by atoms with Gasteiger partial charge in [0.2, 0.25) is 0 Å². The van der Waals surface area contributed by atoms with E-state index in [1.807, 2.05) is 0 Å². The summed E-state index contributed by atoms with van der Waals surface area (Å²) < 4.78 is 21.1. The van der Waals surface area contributed by atoms with Gasteiger partial charge < -0.3 is 28.8 Å². The zero-order chi connectivity index (χ0) is 10.8. The first-order chi connectivity index (χ1) is 7.26. The van der Waals surface area contributed by atoms with Crippen molar-refractivity contribution in [1.29, 1.82) is 0 Å². The Morgan fingerprint density at radius 3 is 2.87 bits per heavy atom. The second-order valence-electron chi connectivity index (χ2n) is 3.54. The Kier molecular flexibility index (Phi) is 3.32. The number of fused-ring (bicyclic) bond motifs is 1. The highest BCUT2D eigenvalue weighted by Crippen LogP contribution is 2.30. The Morgan fingerprint density at radius 1 is 1.47 bits per heavy atom. The molecule has 5 unspecified atom stereocenters. The number of hydrogen-bond acceptors (Lipinski definition) is 6. The molecule has 2 rings (SSSR count). The second kappa shape index (κ2) is 4.54. The van der Waals surface area contributed by atoms with E-state index in [9.17, 15) is 9.90 Å². The predicted molar refractivity (Wildman–Crippen MR) is 47.0 cm³/mol. The first kappa shape index (κ1) is 11.0. The van der Waals surface area contributed by atoms with Crippen LogP contribution in [0.1, 0.15) is 6.42 Å². The van der Waals surface area contributed by atoms with Crippen LogP contribution in [0.4, 0.5) is 0 Å². The molecule has 2 fully saturated rings. The maximum atomic E-state index is 10.3. The minimum absolute atomic E-state index is 0.149. The summed E-state index contributed by atoms with van der Waals surface area (Å²) in [5, 5.41) is 9.60. The zero-order valence-corrected chi connectivity index (χ0v) is 8.37. The highest BCUT2D eigenvalue weighted by molar-refractivity contribution is 5.49. The molecule has 2 heterocycles. The molecule has 6 heteroatoms. The lowest BCUT2D eigenvalue weighted by molar-refractivity contribution is -0.235. The molecule has 0 bridgehead atoms. The topological polar surface area (TPSA) is 74.2 Å². The molecule has 86 valence electrons. The largest absolute Gasteiger partial charge is 0.388 e. The lowest BCUT2D eigenvalue weighted by Crippen LogP contribution is -2.51. The third kappa shape index (κ3) is 2.04. The van der Waals surface area contributed by atoms with E-state index < -0.39 is 30.9 Å². The molecule has 0 aliphatic carbocycles. The van der Waals surface area contributed by atoms with Crippen LogP contribution in [0.3, 0.4) is 0 Å². The molecule has 0 saturated carbocycles. The van der Waals surface area contributed by atoms with Gasteiger partial charge in [0, 0.05) is 7.11 Å². The summed E-state index contributed by atoms with van der Waals surface area (Å²) in [5.74, 6) is 0. The van der Waals surface area contributed by atoms with Gasteiger partial charge in [0.05, 0.1) is 13.0 Å². The molecular weight excluding hydrogens is 204 g/mol. The number of carbonyl (C=O) groups is 1. The fourth-order valence-electron chi connectivity index (χ4n) is 1.84. The van der Waals surface area contributed by atoms with E-state index in [1.165, 1.54) is 7.11 Å². The van der Waals surface area contributed by atoms with Crippen LogP contribution in [0.25, 0.3) is 0 Å². The van der Waals surface area contributed by atoms with Crippen molar-refractivity contribution in [2.24, 2.45) is 0 Å². The molecule has 0 spiro atoms. The summed E-state index contributed by atoms with van der Waals surface area (Å²) >= 11 is 0. The summed E-state index contributed by atoms with van der Waals surface area (Å²) in [5.41, 5.74) is 0. The normalized spacial score (nSPS) is 45.1. The molecule has 0 aromatic heterocycles. The first-order valence-electron chi connectivity index (χ1n) is 4.83. The van der Waals surface area contributed by atoms with Crippen LogP contribution >= 0.6 is 0 Å². The van der Waals surface area contributed by atoms with E-state index in [-0.39, 0.29) is 13.0 Å². The summed E-state index contributed by atoms with van der Waals surface area (Å²) in [7, 11) is 1.50. The van der Waals surface area contributed by atoms with Gasteiger partial charge in [-0.3, -0.25) is 0 Å². The second-order valence-corrected chi connectivity index (χ2v) is 3.54. The van der Waals surface area contributed by atoms with Gasteiger partial charge in [-0.2, -0.15) is 0 Å². The van der Waals surface area contributed by atoms with Gasteiger partial charge in [0.25, 0.3) is 0 Å². The lowest BCUT2D eigenvalue weighted by Gasteiger charge is -2.33. The average Bonchev–Trinajstić information content (AvgIpc) is 2.64. The molecular formula is C9H14O6. The van der Waals surface area contributed by atoms with E-state index in [0.29, 0.717) is 0 Å². The molecule has 2 aliphatic rings. The van der Waals surface area contributed by atoms with Crippen molar-refractivity contribution in [3.05, 3.63) is 0 Å². The Bertz CT molecular complexity index is 233. The van der Waals surface area contributed by atoms with Gasteiger partial charge >= 0.3 is 0 Å². The van der Waals surface area contributed by atoms with Crippen LogP contribution in [-0.4, -0.2) is 56.0 Å². The lowest BCUT2D eigenvalue weighted by atomic mass is 10.1. The highest BCUT2D eigenvalue weighted by Gasteiger charge is 2.48. The van der Waals surface area contributed by atoms with Gasteiger partial charge in [-0.05, 0) is 0 Å². The van der Waals surface area contributed by atoms with Crippen LogP contribution in [0, 0.1) is 0 Å². The molecule has 0 aromatic rings. The average molecular weight is 218 g/mol. The van der Waals surface area contributed by atoms with E-state index in [4.69, 9.17) is 18.9 Å². The van der Waals surface area contributed by atoms with Crippen LogP contribution < -0.4 is 0 Å². The molecule has 0 amide bonds. The molecule has 2 aliphatic heterocycles. The molecule has 2 saturated heterocycles. The summed E-state index contributed by atoms with van der Waals surface area (Å²) in [6.07, 6.45) is -1.97. The fourth-order valence-corrected chi connectivity index (χ4v) is 1.84. The number of aliphatic hydroxyl groups is 1. The number of methoxy groups -OCH3 is 1. The smallest absolute Gasteiger partial charge is 0.186 e. The Balaban J connectivity index is 2.03. The minimum Gasteiger partial charge on any atom is -0.388 e. The SMILES string of the molecule is COC1OCC(O)C2OC(CC=O)OC12. The molecule has 15 heavy (non-hydrogen) atoms. The fraction of sp³-hybridized carbons (Fsp3) is 0.889. The number of carbonyl (C=O) groups excluding carboxylic acids is 1. The van der Waals surface area contributed by atoms with Gasteiger partial charge in [-0.25, -0.2) is 0 Å².